The standard InChI is InChI=1S/C13H23NO2/c15-10-12-7-2-1-3-8-14(12)13(16)9-11-5-4-6-11/h11-12,15H,1-10H2. The lowest BCUT2D eigenvalue weighted by Crippen LogP contribution is -2.43. The van der Waals surface area contributed by atoms with Gasteiger partial charge < -0.3 is 10.0 Å². The van der Waals surface area contributed by atoms with Crippen molar-refractivity contribution in [2.75, 3.05) is 13.2 Å². The lowest BCUT2D eigenvalue weighted by Gasteiger charge is -2.32. The van der Waals surface area contributed by atoms with Crippen molar-refractivity contribution in [3.63, 3.8) is 0 Å². The highest BCUT2D eigenvalue weighted by molar-refractivity contribution is 5.77. The van der Waals surface area contributed by atoms with Crippen LogP contribution in [0.5, 0.6) is 0 Å². The van der Waals surface area contributed by atoms with E-state index in [0.29, 0.717) is 5.92 Å². The van der Waals surface area contributed by atoms with E-state index in [1.807, 2.05) is 4.90 Å². The maximum absolute atomic E-state index is 12.1. The lowest BCUT2D eigenvalue weighted by molar-refractivity contribution is -0.136. The second kappa shape index (κ2) is 5.67. The van der Waals surface area contributed by atoms with E-state index in [4.69, 9.17) is 0 Å². The van der Waals surface area contributed by atoms with Gasteiger partial charge >= 0.3 is 0 Å². The van der Waals surface area contributed by atoms with Crippen molar-refractivity contribution in [1.82, 2.24) is 4.90 Å². The van der Waals surface area contributed by atoms with Gasteiger partial charge in [-0.2, -0.15) is 0 Å². The molecule has 0 aromatic carbocycles. The van der Waals surface area contributed by atoms with Crippen LogP contribution in [0.4, 0.5) is 0 Å². The Morgan fingerprint density at radius 1 is 1.12 bits per heavy atom. The Morgan fingerprint density at radius 2 is 1.94 bits per heavy atom. The van der Waals surface area contributed by atoms with Crippen LogP contribution in [-0.2, 0) is 4.79 Å². The van der Waals surface area contributed by atoms with Crippen LogP contribution < -0.4 is 0 Å². The van der Waals surface area contributed by atoms with Gasteiger partial charge in [0.2, 0.25) is 5.91 Å². The van der Waals surface area contributed by atoms with Crippen molar-refractivity contribution in [3.8, 4) is 0 Å². The molecule has 0 aromatic rings. The molecule has 0 bridgehead atoms. The Balaban J connectivity index is 1.89. The molecule has 0 radical (unpaired) electrons. The third-order valence-corrected chi connectivity index (χ3v) is 4.10. The van der Waals surface area contributed by atoms with Crippen molar-refractivity contribution in [1.29, 1.82) is 0 Å². The van der Waals surface area contributed by atoms with Crippen LogP contribution in [0.2, 0.25) is 0 Å². The molecular formula is C13H23NO2. The summed E-state index contributed by atoms with van der Waals surface area (Å²) >= 11 is 0. The minimum Gasteiger partial charge on any atom is -0.394 e. The quantitative estimate of drug-likeness (QED) is 0.797. The monoisotopic (exact) mass is 225 g/mol. The van der Waals surface area contributed by atoms with Crippen LogP contribution in [0.3, 0.4) is 0 Å². The lowest BCUT2D eigenvalue weighted by atomic mass is 9.82. The summed E-state index contributed by atoms with van der Waals surface area (Å²) in [7, 11) is 0. The Bertz CT molecular complexity index is 238. The molecule has 1 heterocycles. The first kappa shape index (κ1) is 11.9. The summed E-state index contributed by atoms with van der Waals surface area (Å²) in [4.78, 5) is 14.1. The van der Waals surface area contributed by atoms with Crippen LogP contribution in [0, 0.1) is 5.92 Å². The van der Waals surface area contributed by atoms with Crippen molar-refractivity contribution in [2.24, 2.45) is 5.92 Å². The summed E-state index contributed by atoms with van der Waals surface area (Å²) in [5, 5.41) is 9.35. The van der Waals surface area contributed by atoms with Gasteiger partial charge in [-0.05, 0) is 31.6 Å². The zero-order chi connectivity index (χ0) is 11.4. The normalized spacial score (nSPS) is 27.3. The van der Waals surface area contributed by atoms with Crippen LogP contribution >= 0.6 is 0 Å². The number of likely N-dealkylation sites (tertiary alicyclic amines) is 1. The number of nitrogens with zero attached hydrogens (tertiary/aromatic N) is 1. The molecule has 1 aliphatic carbocycles. The predicted octanol–water partition coefficient (Wildman–Crippen LogP) is 1.94. The number of carbonyl (C=O) groups is 1. The molecule has 0 spiro atoms. The van der Waals surface area contributed by atoms with Gasteiger partial charge in [-0.3, -0.25) is 4.79 Å². The minimum atomic E-state index is 0.0927. The highest BCUT2D eigenvalue weighted by Crippen LogP contribution is 2.30. The zero-order valence-corrected chi connectivity index (χ0v) is 10.0. The Kier molecular flexibility index (Phi) is 4.22. The van der Waals surface area contributed by atoms with E-state index < -0.39 is 0 Å². The molecule has 1 aliphatic heterocycles. The van der Waals surface area contributed by atoms with Crippen molar-refractivity contribution >= 4 is 5.91 Å². The summed E-state index contributed by atoms with van der Waals surface area (Å²) in [5.74, 6) is 0.917. The molecule has 3 nitrogen and oxygen atoms in total. The van der Waals surface area contributed by atoms with Crippen molar-refractivity contribution < 1.29 is 9.90 Å². The highest BCUT2D eigenvalue weighted by atomic mass is 16.3. The van der Waals surface area contributed by atoms with E-state index >= 15 is 0 Å². The van der Waals surface area contributed by atoms with Crippen LogP contribution in [0.1, 0.15) is 51.4 Å². The van der Waals surface area contributed by atoms with Gasteiger partial charge in [0, 0.05) is 13.0 Å². The van der Waals surface area contributed by atoms with Gasteiger partial charge in [0.1, 0.15) is 0 Å². The van der Waals surface area contributed by atoms with Crippen LogP contribution in [0.15, 0.2) is 0 Å². The maximum atomic E-state index is 12.1. The molecule has 1 saturated heterocycles. The smallest absolute Gasteiger partial charge is 0.223 e. The maximum Gasteiger partial charge on any atom is 0.223 e. The first-order valence-electron chi connectivity index (χ1n) is 6.71. The van der Waals surface area contributed by atoms with E-state index in [1.165, 1.54) is 25.7 Å². The fourth-order valence-electron chi connectivity index (χ4n) is 2.76. The van der Waals surface area contributed by atoms with Crippen molar-refractivity contribution in [2.45, 2.75) is 57.4 Å². The molecule has 2 rings (SSSR count). The van der Waals surface area contributed by atoms with Gasteiger partial charge in [0.05, 0.1) is 12.6 Å². The topological polar surface area (TPSA) is 40.5 Å². The van der Waals surface area contributed by atoms with Crippen molar-refractivity contribution in [3.05, 3.63) is 0 Å². The number of rotatable bonds is 3. The minimum absolute atomic E-state index is 0.0927. The van der Waals surface area contributed by atoms with Gasteiger partial charge in [-0.15, -0.1) is 0 Å². The summed E-state index contributed by atoms with van der Waals surface area (Å²) < 4.78 is 0. The number of amides is 1. The summed E-state index contributed by atoms with van der Waals surface area (Å²) in [6.07, 6.45) is 8.90. The Morgan fingerprint density at radius 3 is 2.56 bits per heavy atom. The van der Waals surface area contributed by atoms with Gasteiger partial charge in [-0.1, -0.05) is 19.3 Å². The largest absolute Gasteiger partial charge is 0.394 e. The second-order valence-corrected chi connectivity index (χ2v) is 5.27. The Hall–Kier alpha value is -0.570. The molecule has 1 atom stereocenters. The number of carbonyl (C=O) groups excluding carboxylic acids is 1. The van der Waals surface area contributed by atoms with Crippen LogP contribution in [0.25, 0.3) is 0 Å². The highest BCUT2D eigenvalue weighted by Gasteiger charge is 2.28. The van der Waals surface area contributed by atoms with Gasteiger partial charge in [-0.25, -0.2) is 0 Å². The first-order valence-corrected chi connectivity index (χ1v) is 6.71. The number of aliphatic hydroxyl groups is 1. The molecule has 1 amide bonds. The van der Waals surface area contributed by atoms with E-state index in [0.717, 1.165) is 32.2 Å². The summed E-state index contributed by atoms with van der Waals surface area (Å²) in [6.45, 7) is 0.993. The molecule has 92 valence electrons. The molecule has 1 unspecified atom stereocenters. The van der Waals surface area contributed by atoms with E-state index in [-0.39, 0.29) is 18.6 Å². The summed E-state index contributed by atoms with van der Waals surface area (Å²) in [6, 6.07) is 0.0927. The molecular weight excluding hydrogens is 202 g/mol. The molecule has 1 saturated carbocycles. The fourth-order valence-corrected chi connectivity index (χ4v) is 2.76. The predicted molar refractivity (Wildman–Crippen MR) is 63.0 cm³/mol. The van der Waals surface area contributed by atoms with Gasteiger partial charge in [0.15, 0.2) is 0 Å². The van der Waals surface area contributed by atoms with Crippen LogP contribution in [-0.4, -0.2) is 35.1 Å². The Labute approximate surface area is 97.8 Å². The number of aliphatic hydroxyl groups excluding tert-OH is 1. The first-order chi connectivity index (χ1) is 7.81. The third kappa shape index (κ3) is 2.76. The number of hydrogen-bond acceptors (Lipinski definition) is 2. The molecule has 0 aromatic heterocycles. The molecule has 3 heteroatoms. The van der Waals surface area contributed by atoms with E-state index in [2.05, 4.69) is 0 Å². The summed E-state index contributed by atoms with van der Waals surface area (Å²) in [5.41, 5.74) is 0. The van der Waals surface area contributed by atoms with Gasteiger partial charge in [0.25, 0.3) is 0 Å². The van der Waals surface area contributed by atoms with E-state index in [1.54, 1.807) is 0 Å². The zero-order valence-electron chi connectivity index (χ0n) is 10.0. The third-order valence-electron chi connectivity index (χ3n) is 4.10. The molecule has 2 fully saturated rings. The second-order valence-electron chi connectivity index (χ2n) is 5.27. The average Bonchev–Trinajstić information content (AvgIpc) is 2.47. The SMILES string of the molecule is O=C(CC1CCC1)N1CCCCCC1CO. The average molecular weight is 225 g/mol. The number of hydrogen-bond donors (Lipinski definition) is 1. The molecule has 2 aliphatic rings. The van der Waals surface area contributed by atoms with E-state index in [9.17, 15) is 9.90 Å². The fraction of sp³-hybridized carbons (Fsp3) is 0.923. The molecule has 1 N–H and O–H groups in total. The molecule has 16 heavy (non-hydrogen) atoms.